The standard InChI is InChI=1S/C30H23N9O/c40-30(24-15-13-22(14-16-24)20-39-36-29(33-37-39)23-8-3-1-4-9-23)34-32-19-26-21-38(27-11-5-2-6-12-27)35-28(26)25-10-7-17-31-18-25/h1-19,21H,20H2,(H,34,40)/b32-19+. The molecule has 0 unspecified atom stereocenters. The Balaban J connectivity index is 1.13. The SMILES string of the molecule is O=C(N/N=C/c1cn(-c2ccccc2)nc1-c1cccnc1)c1ccc(Cn2nnc(-c3ccccc3)n2)cc1. The van der Waals surface area contributed by atoms with Gasteiger partial charge in [0.25, 0.3) is 5.91 Å². The molecule has 6 aromatic rings. The molecule has 3 aromatic carbocycles. The molecule has 194 valence electrons. The van der Waals surface area contributed by atoms with Gasteiger partial charge in [-0.15, -0.1) is 10.2 Å². The number of para-hydroxylation sites is 1. The van der Waals surface area contributed by atoms with E-state index in [9.17, 15) is 4.79 Å². The predicted molar refractivity (Wildman–Crippen MR) is 151 cm³/mol. The second-order valence-electron chi connectivity index (χ2n) is 8.86. The van der Waals surface area contributed by atoms with Crippen LogP contribution in [-0.4, -0.2) is 47.1 Å². The van der Waals surface area contributed by atoms with Crippen LogP contribution in [0.2, 0.25) is 0 Å². The molecule has 0 saturated heterocycles. The summed E-state index contributed by atoms with van der Waals surface area (Å²) in [5.74, 6) is 0.238. The largest absolute Gasteiger partial charge is 0.271 e. The highest BCUT2D eigenvalue weighted by atomic mass is 16.2. The molecule has 3 aromatic heterocycles. The molecule has 0 saturated carbocycles. The third-order valence-electron chi connectivity index (χ3n) is 6.09. The number of amides is 1. The first-order valence-electron chi connectivity index (χ1n) is 12.5. The molecule has 6 rings (SSSR count). The zero-order chi connectivity index (χ0) is 27.1. The van der Waals surface area contributed by atoms with Crippen molar-refractivity contribution in [3.63, 3.8) is 0 Å². The minimum atomic E-state index is -0.327. The van der Waals surface area contributed by atoms with Gasteiger partial charge in [-0.05, 0) is 47.2 Å². The van der Waals surface area contributed by atoms with Crippen molar-refractivity contribution >= 4 is 12.1 Å². The minimum Gasteiger partial charge on any atom is -0.267 e. The van der Waals surface area contributed by atoms with E-state index < -0.39 is 0 Å². The smallest absolute Gasteiger partial charge is 0.267 e. The van der Waals surface area contributed by atoms with E-state index >= 15 is 0 Å². The molecule has 3 heterocycles. The van der Waals surface area contributed by atoms with E-state index in [0.717, 1.165) is 27.9 Å². The van der Waals surface area contributed by atoms with Gasteiger partial charge in [-0.1, -0.05) is 60.7 Å². The zero-order valence-corrected chi connectivity index (χ0v) is 21.2. The van der Waals surface area contributed by atoms with Gasteiger partial charge in [-0.3, -0.25) is 9.78 Å². The summed E-state index contributed by atoms with van der Waals surface area (Å²) in [4.78, 5) is 18.5. The van der Waals surface area contributed by atoms with Crippen LogP contribution in [0.5, 0.6) is 0 Å². The van der Waals surface area contributed by atoms with Crippen molar-refractivity contribution in [2.75, 3.05) is 0 Å². The molecule has 40 heavy (non-hydrogen) atoms. The Morgan fingerprint density at radius 2 is 1.60 bits per heavy atom. The van der Waals surface area contributed by atoms with Crippen LogP contribution >= 0.6 is 0 Å². The molecule has 0 spiro atoms. The van der Waals surface area contributed by atoms with Gasteiger partial charge in [0.1, 0.15) is 5.69 Å². The maximum Gasteiger partial charge on any atom is 0.271 e. The predicted octanol–water partition coefficient (Wildman–Crippen LogP) is 4.40. The normalized spacial score (nSPS) is 11.1. The molecule has 0 aliphatic carbocycles. The van der Waals surface area contributed by atoms with E-state index in [1.54, 1.807) is 35.4 Å². The van der Waals surface area contributed by atoms with Gasteiger partial charge in [0.15, 0.2) is 0 Å². The highest BCUT2D eigenvalue weighted by Gasteiger charge is 2.12. The van der Waals surface area contributed by atoms with Crippen molar-refractivity contribution in [1.82, 2.24) is 40.4 Å². The first-order valence-corrected chi connectivity index (χ1v) is 12.5. The number of rotatable bonds is 8. The average Bonchev–Trinajstić information content (AvgIpc) is 3.66. The van der Waals surface area contributed by atoms with Crippen LogP contribution in [0.1, 0.15) is 21.5 Å². The average molecular weight is 526 g/mol. The van der Waals surface area contributed by atoms with Gasteiger partial charge in [-0.25, -0.2) is 10.1 Å². The summed E-state index contributed by atoms with van der Waals surface area (Å²) in [6.07, 6.45) is 6.90. The van der Waals surface area contributed by atoms with Crippen LogP contribution in [0.25, 0.3) is 28.3 Å². The summed E-state index contributed by atoms with van der Waals surface area (Å²) in [5.41, 5.74) is 8.12. The van der Waals surface area contributed by atoms with Gasteiger partial charge in [0.2, 0.25) is 5.82 Å². The van der Waals surface area contributed by atoms with Crippen LogP contribution in [0.4, 0.5) is 0 Å². The first-order chi connectivity index (χ1) is 19.7. The molecule has 1 N–H and O–H groups in total. The topological polar surface area (TPSA) is 116 Å². The molecule has 0 atom stereocenters. The number of hydrogen-bond acceptors (Lipinski definition) is 7. The van der Waals surface area contributed by atoms with Crippen molar-refractivity contribution in [1.29, 1.82) is 0 Å². The molecule has 0 aliphatic rings. The Morgan fingerprint density at radius 3 is 2.35 bits per heavy atom. The number of pyridine rings is 1. The highest BCUT2D eigenvalue weighted by Crippen LogP contribution is 2.22. The fourth-order valence-electron chi connectivity index (χ4n) is 4.08. The van der Waals surface area contributed by atoms with Gasteiger partial charge in [0, 0.05) is 40.8 Å². The fraction of sp³-hybridized carbons (Fsp3) is 0.0333. The molecular formula is C30H23N9O. The highest BCUT2D eigenvalue weighted by molar-refractivity contribution is 5.95. The Bertz CT molecular complexity index is 1740. The lowest BCUT2D eigenvalue weighted by Gasteiger charge is -2.03. The van der Waals surface area contributed by atoms with Gasteiger partial charge < -0.3 is 0 Å². The molecule has 1 amide bonds. The van der Waals surface area contributed by atoms with Gasteiger partial charge >= 0.3 is 0 Å². The lowest BCUT2D eigenvalue weighted by molar-refractivity contribution is 0.0955. The summed E-state index contributed by atoms with van der Waals surface area (Å²) in [7, 11) is 0. The molecule has 0 bridgehead atoms. The van der Waals surface area contributed by atoms with Crippen LogP contribution in [0.3, 0.4) is 0 Å². The molecular weight excluding hydrogens is 502 g/mol. The van der Waals surface area contributed by atoms with Crippen molar-refractivity contribution in [3.8, 4) is 28.3 Å². The van der Waals surface area contributed by atoms with Crippen molar-refractivity contribution < 1.29 is 4.79 Å². The number of carbonyl (C=O) groups excluding carboxylic acids is 1. The second kappa shape index (κ2) is 11.3. The summed E-state index contributed by atoms with van der Waals surface area (Å²) in [5, 5.41) is 21.6. The maximum absolute atomic E-state index is 12.8. The Labute approximate surface area is 229 Å². The number of carbonyl (C=O) groups is 1. The number of aromatic nitrogens is 7. The summed E-state index contributed by atoms with van der Waals surface area (Å²) in [6, 6.07) is 30.4. The van der Waals surface area contributed by atoms with Crippen molar-refractivity contribution in [3.05, 3.63) is 132 Å². The fourth-order valence-corrected chi connectivity index (χ4v) is 4.08. The molecule has 10 nitrogen and oxygen atoms in total. The number of tetrazole rings is 1. The quantitative estimate of drug-likeness (QED) is 0.233. The summed E-state index contributed by atoms with van der Waals surface area (Å²) in [6.45, 7) is 0.433. The van der Waals surface area contributed by atoms with E-state index in [2.05, 4.69) is 30.9 Å². The molecule has 0 aliphatic heterocycles. The van der Waals surface area contributed by atoms with Crippen LogP contribution in [0.15, 0.2) is 121 Å². The van der Waals surface area contributed by atoms with Crippen molar-refractivity contribution in [2.45, 2.75) is 6.54 Å². The number of benzene rings is 3. The number of hydrogen-bond donors (Lipinski definition) is 1. The maximum atomic E-state index is 12.8. The van der Waals surface area contributed by atoms with E-state index in [4.69, 9.17) is 5.10 Å². The molecule has 0 radical (unpaired) electrons. The lowest BCUT2D eigenvalue weighted by atomic mass is 10.1. The van der Waals surface area contributed by atoms with Crippen LogP contribution < -0.4 is 5.43 Å². The number of nitrogens with one attached hydrogen (secondary N) is 1. The summed E-state index contributed by atoms with van der Waals surface area (Å²) >= 11 is 0. The van der Waals surface area contributed by atoms with E-state index in [0.29, 0.717) is 23.6 Å². The third-order valence-corrected chi connectivity index (χ3v) is 6.09. The first kappa shape index (κ1) is 24.6. The van der Waals surface area contributed by atoms with E-state index in [-0.39, 0.29) is 5.91 Å². The van der Waals surface area contributed by atoms with E-state index in [1.165, 1.54) is 4.80 Å². The Hall–Kier alpha value is -5.77. The van der Waals surface area contributed by atoms with E-state index in [1.807, 2.05) is 91.1 Å². The molecule has 10 heteroatoms. The van der Waals surface area contributed by atoms with Crippen molar-refractivity contribution in [2.24, 2.45) is 5.10 Å². The van der Waals surface area contributed by atoms with Gasteiger partial charge in [-0.2, -0.15) is 15.0 Å². The molecule has 0 fully saturated rings. The zero-order valence-electron chi connectivity index (χ0n) is 21.2. The number of hydrazone groups is 1. The van der Waals surface area contributed by atoms with Gasteiger partial charge in [0.05, 0.1) is 18.4 Å². The monoisotopic (exact) mass is 525 g/mol. The Morgan fingerprint density at radius 1 is 0.850 bits per heavy atom. The van der Waals surface area contributed by atoms with Crippen LogP contribution in [-0.2, 0) is 6.54 Å². The minimum absolute atomic E-state index is 0.327. The Kier molecular flexibility index (Phi) is 6.95. The lowest BCUT2D eigenvalue weighted by Crippen LogP contribution is -2.17. The number of nitrogens with zero attached hydrogens (tertiary/aromatic N) is 8. The van der Waals surface area contributed by atoms with Crippen LogP contribution in [0, 0.1) is 0 Å². The second-order valence-corrected chi connectivity index (χ2v) is 8.86. The third kappa shape index (κ3) is 5.55. The summed E-state index contributed by atoms with van der Waals surface area (Å²) < 4.78 is 1.77.